The Bertz CT molecular complexity index is 958. The van der Waals surface area contributed by atoms with E-state index < -0.39 is 5.97 Å². The maximum absolute atomic E-state index is 10.9. The summed E-state index contributed by atoms with van der Waals surface area (Å²) in [4.78, 5) is 13.7. The number of ether oxygens (including phenoxy) is 1. The van der Waals surface area contributed by atoms with Crippen LogP contribution in [0.1, 0.15) is 61.9 Å². The highest BCUT2D eigenvalue weighted by atomic mass is 32.2. The number of aliphatic carboxylic acids is 1. The topological polar surface area (TPSA) is 46.5 Å². The predicted molar refractivity (Wildman–Crippen MR) is 117 cm³/mol. The monoisotopic (exact) mass is 414 g/mol. The maximum atomic E-state index is 10.9. The molecule has 0 radical (unpaired) electrons. The van der Waals surface area contributed by atoms with Crippen LogP contribution in [0.15, 0.2) is 29.2 Å². The van der Waals surface area contributed by atoms with E-state index in [4.69, 9.17) is 9.84 Å². The Labute approximate surface area is 175 Å². The van der Waals surface area contributed by atoms with Gasteiger partial charge in [0, 0.05) is 20.9 Å². The van der Waals surface area contributed by atoms with Gasteiger partial charge in [-0.1, -0.05) is 32.6 Å². The van der Waals surface area contributed by atoms with Crippen LogP contribution in [0, 0.1) is 11.8 Å². The Kier molecular flexibility index (Phi) is 5.84. The predicted octanol–water partition coefficient (Wildman–Crippen LogP) is 5.73. The van der Waals surface area contributed by atoms with E-state index in [0.717, 1.165) is 38.1 Å². The first-order valence-corrected chi connectivity index (χ1v) is 11.2. The minimum absolute atomic E-state index is 0.0144. The molecule has 0 fully saturated rings. The van der Waals surface area contributed by atoms with Crippen LogP contribution in [0.5, 0.6) is 5.75 Å². The van der Waals surface area contributed by atoms with E-state index in [1.807, 2.05) is 12.1 Å². The van der Waals surface area contributed by atoms with Crippen molar-refractivity contribution in [3.05, 3.63) is 45.1 Å². The second kappa shape index (κ2) is 7.85. The molecule has 5 heteroatoms. The first-order chi connectivity index (χ1) is 13.1. The van der Waals surface area contributed by atoms with Gasteiger partial charge in [0.1, 0.15) is 11.4 Å². The van der Waals surface area contributed by atoms with Crippen molar-refractivity contribution >= 4 is 29.1 Å². The summed E-state index contributed by atoms with van der Waals surface area (Å²) < 4.78 is 6.28. The standard InChI is InChI=1S/C23H26O3S2/c1-6-27-20-13-19-18(22(2,3)14-23(4,5)26-19)11-15(20)7-8-16-9-10-17(28-16)12-21(24)25/h9-11,13H,6,12,14H2,1-5H3,(H,24,25). The molecule has 0 saturated heterocycles. The lowest BCUT2D eigenvalue weighted by Crippen LogP contribution is -2.41. The van der Waals surface area contributed by atoms with Crippen molar-refractivity contribution in [1.82, 2.24) is 0 Å². The number of rotatable bonds is 4. The number of carboxylic acid groups (broad SMARTS) is 1. The number of carbonyl (C=O) groups is 1. The van der Waals surface area contributed by atoms with Gasteiger partial charge in [-0.15, -0.1) is 23.1 Å². The molecule has 3 rings (SSSR count). The number of benzene rings is 1. The Morgan fingerprint density at radius 3 is 2.68 bits per heavy atom. The Hall–Kier alpha value is -1.90. The average molecular weight is 415 g/mol. The van der Waals surface area contributed by atoms with Crippen LogP contribution in [0.2, 0.25) is 0 Å². The van der Waals surface area contributed by atoms with E-state index in [2.05, 4.69) is 58.6 Å². The van der Waals surface area contributed by atoms with E-state index in [1.165, 1.54) is 16.9 Å². The van der Waals surface area contributed by atoms with Crippen LogP contribution in [0.3, 0.4) is 0 Å². The molecule has 0 unspecified atom stereocenters. The average Bonchev–Trinajstić information content (AvgIpc) is 2.98. The number of thioether (sulfide) groups is 1. The van der Waals surface area contributed by atoms with E-state index in [1.54, 1.807) is 11.8 Å². The highest BCUT2D eigenvalue weighted by molar-refractivity contribution is 7.99. The summed E-state index contributed by atoms with van der Waals surface area (Å²) in [7, 11) is 0. The molecule has 1 aromatic heterocycles. The number of hydrogen-bond acceptors (Lipinski definition) is 4. The quantitative estimate of drug-likeness (QED) is 0.513. The van der Waals surface area contributed by atoms with Gasteiger partial charge in [-0.25, -0.2) is 0 Å². The molecule has 148 valence electrons. The maximum Gasteiger partial charge on any atom is 0.308 e. The third kappa shape index (κ3) is 4.74. The minimum atomic E-state index is -0.817. The van der Waals surface area contributed by atoms with Gasteiger partial charge < -0.3 is 9.84 Å². The van der Waals surface area contributed by atoms with Crippen LogP contribution < -0.4 is 4.74 Å². The van der Waals surface area contributed by atoms with Gasteiger partial charge in [-0.3, -0.25) is 4.79 Å². The molecule has 0 amide bonds. The zero-order valence-electron chi connectivity index (χ0n) is 17.0. The van der Waals surface area contributed by atoms with Crippen molar-refractivity contribution in [2.75, 3.05) is 5.75 Å². The molecular weight excluding hydrogens is 388 g/mol. The summed E-state index contributed by atoms with van der Waals surface area (Å²) in [5.74, 6) is 7.66. The lowest BCUT2D eigenvalue weighted by atomic mass is 9.73. The SMILES string of the molecule is CCSc1cc2c(cc1C#Cc1ccc(CC(=O)O)s1)C(C)(C)CC(C)(C)O2. The zero-order chi connectivity index (χ0) is 20.5. The van der Waals surface area contributed by atoms with Crippen molar-refractivity contribution in [3.63, 3.8) is 0 Å². The summed E-state index contributed by atoms with van der Waals surface area (Å²) in [5, 5.41) is 8.93. The molecule has 0 aliphatic carbocycles. The fourth-order valence-electron chi connectivity index (χ4n) is 3.86. The van der Waals surface area contributed by atoms with E-state index in [9.17, 15) is 4.79 Å². The fraction of sp³-hybridized carbons (Fsp3) is 0.435. The van der Waals surface area contributed by atoms with E-state index >= 15 is 0 Å². The third-order valence-electron chi connectivity index (χ3n) is 4.67. The summed E-state index contributed by atoms with van der Waals surface area (Å²) >= 11 is 3.21. The second-order valence-electron chi connectivity index (χ2n) is 8.29. The molecule has 28 heavy (non-hydrogen) atoms. The van der Waals surface area contributed by atoms with Crippen molar-refractivity contribution in [1.29, 1.82) is 0 Å². The number of fused-ring (bicyclic) bond motifs is 1. The van der Waals surface area contributed by atoms with Crippen LogP contribution in [-0.4, -0.2) is 22.4 Å². The van der Waals surface area contributed by atoms with Crippen molar-refractivity contribution in [3.8, 4) is 17.6 Å². The Morgan fingerprint density at radius 2 is 2.00 bits per heavy atom. The van der Waals surface area contributed by atoms with Gasteiger partial charge in [-0.2, -0.15) is 0 Å². The van der Waals surface area contributed by atoms with Crippen molar-refractivity contribution < 1.29 is 14.6 Å². The van der Waals surface area contributed by atoms with Crippen LogP contribution in [0.4, 0.5) is 0 Å². The number of hydrogen-bond donors (Lipinski definition) is 1. The van der Waals surface area contributed by atoms with Gasteiger partial charge in [0.15, 0.2) is 0 Å². The summed E-state index contributed by atoms with van der Waals surface area (Å²) in [5.41, 5.74) is 2.04. The Morgan fingerprint density at radius 1 is 1.25 bits per heavy atom. The normalized spacial score (nSPS) is 16.5. The third-order valence-corrected chi connectivity index (χ3v) is 6.61. The fourth-order valence-corrected chi connectivity index (χ4v) is 5.48. The van der Waals surface area contributed by atoms with Crippen LogP contribution in [-0.2, 0) is 16.6 Å². The number of thiophene rings is 1. The zero-order valence-corrected chi connectivity index (χ0v) is 18.6. The molecule has 2 heterocycles. The molecule has 3 nitrogen and oxygen atoms in total. The molecule has 0 spiro atoms. The van der Waals surface area contributed by atoms with Gasteiger partial charge >= 0.3 is 5.97 Å². The number of carboxylic acids is 1. The van der Waals surface area contributed by atoms with E-state index in [-0.39, 0.29) is 17.4 Å². The molecule has 1 aromatic carbocycles. The molecule has 0 saturated carbocycles. The molecule has 1 aliphatic rings. The highest BCUT2D eigenvalue weighted by Crippen LogP contribution is 2.46. The van der Waals surface area contributed by atoms with E-state index in [0.29, 0.717) is 0 Å². The van der Waals surface area contributed by atoms with Gasteiger partial charge in [-0.05, 0) is 55.7 Å². The summed E-state index contributed by atoms with van der Waals surface area (Å²) in [6, 6.07) is 8.06. The first kappa shape index (κ1) is 20.8. The first-order valence-electron chi connectivity index (χ1n) is 9.42. The largest absolute Gasteiger partial charge is 0.487 e. The smallest absolute Gasteiger partial charge is 0.308 e. The van der Waals surface area contributed by atoms with Crippen molar-refractivity contribution in [2.24, 2.45) is 0 Å². The lowest BCUT2D eigenvalue weighted by Gasteiger charge is -2.42. The van der Waals surface area contributed by atoms with Gasteiger partial charge in [0.2, 0.25) is 0 Å². The Balaban J connectivity index is 2.00. The second-order valence-corrected chi connectivity index (χ2v) is 10.8. The molecule has 2 aromatic rings. The molecule has 0 bridgehead atoms. The van der Waals surface area contributed by atoms with Gasteiger partial charge in [0.25, 0.3) is 0 Å². The van der Waals surface area contributed by atoms with Gasteiger partial charge in [0.05, 0.1) is 11.3 Å². The molecule has 0 atom stereocenters. The molecule has 1 aliphatic heterocycles. The van der Waals surface area contributed by atoms with Crippen molar-refractivity contribution in [2.45, 2.75) is 63.4 Å². The summed E-state index contributed by atoms with van der Waals surface area (Å²) in [6.07, 6.45) is 0.993. The minimum Gasteiger partial charge on any atom is -0.487 e. The summed E-state index contributed by atoms with van der Waals surface area (Å²) in [6.45, 7) is 10.9. The highest BCUT2D eigenvalue weighted by Gasteiger charge is 2.39. The lowest BCUT2D eigenvalue weighted by molar-refractivity contribution is -0.136. The molecule has 1 N–H and O–H groups in total. The van der Waals surface area contributed by atoms with Crippen LogP contribution >= 0.6 is 23.1 Å². The van der Waals surface area contributed by atoms with Crippen LogP contribution in [0.25, 0.3) is 0 Å². The molecular formula is C23H26O3S2.